The zero-order valence-electron chi connectivity index (χ0n) is 14.0. The Bertz CT molecular complexity index is 1040. The van der Waals surface area contributed by atoms with E-state index in [1.807, 2.05) is 0 Å². The Balaban J connectivity index is 1.76. The van der Waals surface area contributed by atoms with Crippen molar-refractivity contribution >= 4 is 21.8 Å². The van der Waals surface area contributed by atoms with Gasteiger partial charge >= 0.3 is 6.01 Å². The first-order valence-corrected chi connectivity index (χ1v) is 9.35. The van der Waals surface area contributed by atoms with Crippen molar-refractivity contribution in [2.24, 2.45) is 0 Å². The number of hydrogen-bond acceptors (Lipinski definition) is 7. The number of sulfone groups is 1. The minimum atomic E-state index is -3.28. The molecule has 0 bridgehead atoms. The van der Waals surface area contributed by atoms with Gasteiger partial charge in [0, 0.05) is 17.4 Å². The standard InChI is InChI=1S/C17H15N3O5S/c1-24-13-5-3-4-12(10-13)15(21)18-17-20-19-16(25-17)11-6-8-14(9-7-11)26(2,22)23/h3-10H,1-2H3,(H,18,20,21). The lowest BCUT2D eigenvalue weighted by Gasteiger charge is -2.03. The summed E-state index contributed by atoms with van der Waals surface area (Å²) in [6, 6.07) is 12.6. The Hall–Kier alpha value is -3.20. The Morgan fingerprint density at radius 3 is 2.50 bits per heavy atom. The van der Waals surface area contributed by atoms with Crippen molar-refractivity contribution in [1.82, 2.24) is 10.2 Å². The third-order valence-corrected chi connectivity index (χ3v) is 4.64. The van der Waals surface area contributed by atoms with Gasteiger partial charge in [0.15, 0.2) is 9.84 Å². The molecule has 0 unspecified atom stereocenters. The third kappa shape index (κ3) is 3.89. The van der Waals surface area contributed by atoms with Crippen molar-refractivity contribution < 1.29 is 22.4 Å². The number of methoxy groups -OCH3 is 1. The molecule has 0 fully saturated rings. The molecule has 2 aromatic carbocycles. The minimum Gasteiger partial charge on any atom is -0.497 e. The first-order chi connectivity index (χ1) is 12.4. The second-order valence-electron chi connectivity index (χ2n) is 5.39. The SMILES string of the molecule is COc1cccc(C(=O)Nc2nnc(-c3ccc(S(C)(=O)=O)cc3)o2)c1. The molecule has 0 spiro atoms. The fraction of sp³-hybridized carbons (Fsp3) is 0.118. The van der Waals surface area contributed by atoms with Crippen LogP contribution in [-0.4, -0.2) is 37.9 Å². The molecule has 1 N–H and O–H groups in total. The van der Waals surface area contributed by atoms with E-state index >= 15 is 0 Å². The van der Waals surface area contributed by atoms with Gasteiger partial charge in [0.1, 0.15) is 5.75 Å². The molecule has 1 amide bonds. The second kappa shape index (κ2) is 6.96. The number of anilines is 1. The van der Waals surface area contributed by atoms with E-state index in [2.05, 4.69) is 15.5 Å². The lowest BCUT2D eigenvalue weighted by Crippen LogP contribution is -2.12. The summed E-state index contributed by atoms with van der Waals surface area (Å²) < 4.78 is 33.4. The lowest BCUT2D eigenvalue weighted by molar-refractivity contribution is 0.102. The van der Waals surface area contributed by atoms with Gasteiger partial charge in [0.05, 0.1) is 12.0 Å². The number of aromatic nitrogens is 2. The summed E-state index contributed by atoms with van der Waals surface area (Å²) in [5, 5.41) is 10.1. The topological polar surface area (TPSA) is 111 Å². The number of hydrogen-bond donors (Lipinski definition) is 1. The van der Waals surface area contributed by atoms with Crippen LogP contribution in [0.25, 0.3) is 11.5 Å². The van der Waals surface area contributed by atoms with Gasteiger partial charge in [-0.1, -0.05) is 11.2 Å². The van der Waals surface area contributed by atoms with E-state index < -0.39 is 15.7 Å². The molecule has 0 saturated heterocycles. The van der Waals surface area contributed by atoms with Crippen molar-refractivity contribution in [2.75, 3.05) is 18.7 Å². The summed E-state index contributed by atoms with van der Waals surface area (Å²) in [7, 11) is -1.77. The first kappa shape index (κ1) is 17.6. The second-order valence-corrected chi connectivity index (χ2v) is 7.41. The van der Waals surface area contributed by atoms with E-state index in [0.717, 1.165) is 6.26 Å². The maximum atomic E-state index is 12.2. The van der Waals surface area contributed by atoms with Gasteiger partial charge < -0.3 is 9.15 Å². The zero-order valence-corrected chi connectivity index (χ0v) is 14.8. The molecule has 1 heterocycles. The van der Waals surface area contributed by atoms with Crippen LogP contribution in [0.4, 0.5) is 6.01 Å². The van der Waals surface area contributed by atoms with Gasteiger partial charge in [-0.2, -0.15) is 0 Å². The summed E-state index contributed by atoms with van der Waals surface area (Å²) in [5.74, 6) is 0.285. The molecular formula is C17H15N3O5S. The molecule has 26 heavy (non-hydrogen) atoms. The molecule has 0 aliphatic heterocycles. The molecular weight excluding hydrogens is 358 g/mol. The molecule has 3 rings (SSSR count). The largest absolute Gasteiger partial charge is 0.497 e. The molecule has 134 valence electrons. The molecule has 0 aliphatic rings. The van der Waals surface area contributed by atoms with Crippen LogP contribution in [0, 0.1) is 0 Å². The Morgan fingerprint density at radius 1 is 1.12 bits per heavy atom. The fourth-order valence-electron chi connectivity index (χ4n) is 2.17. The number of carbonyl (C=O) groups excluding carboxylic acids is 1. The van der Waals surface area contributed by atoms with E-state index in [1.165, 1.54) is 19.2 Å². The smallest absolute Gasteiger partial charge is 0.322 e. The molecule has 1 aromatic heterocycles. The number of benzene rings is 2. The number of rotatable bonds is 5. The van der Waals surface area contributed by atoms with E-state index in [4.69, 9.17) is 9.15 Å². The highest BCUT2D eigenvalue weighted by atomic mass is 32.2. The molecule has 0 atom stereocenters. The van der Waals surface area contributed by atoms with Crippen LogP contribution in [0.3, 0.4) is 0 Å². The quantitative estimate of drug-likeness (QED) is 0.731. The minimum absolute atomic E-state index is 0.0694. The average molecular weight is 373 g/mol. The molecule has 0 saturated carbocycles. The van der Waals surface area contributed by atoms with E-state index in [1.54, 1.807) is 36.4 Å². The maximum Gasteiger partial charge on any atom is 0.322 e. The molecule has 3 aromatic rings. The van der Waals surface area contributed by atoms with Crippen molar-refractivity contribution in [2.45, 2.75) is 4.90 Å². The fourth-order valence-corrected chi connectivity index (χ4v) is 2.80. The van der Waals surface area contributed by atoms with Gasteiger partial charge in [0.25, 0.3) is 5.91 Å². The highest BCUT2D eigenvalue weighted by molar-refractivity contribution is 7.90. The third-order valence-electron chi connectivity index (χ3n) is 3.51. The highest BCUT2D eigenvalue weighted by Gasteiger charge is 2.14. The monoisotopic (exact) mass is 373 g/mol. The Kier molecular flexibility index (Phi) is 4.72. The van der Waals surface area contributed by atoms with Gasteiger partial charge in [-0.15, -0.1) is 5.10 Å². The summed E-state index contributed by atoms with van der Waals surface area (Å²) in [4.78, 5) is 12.4. The van der Waals surface area contributed by atoms with Crippen LogP contribution in [0.15, 0.2) is 57.8 Å². The first-order valence-electron chi connectivity index (χ1n) is 7.46. The number of carbonyl (C=O) groups is 1. The van der Waals surface area contributed by atoms with Crippen molar-refractivity contribution in [1.29, 1.82) is 0 Å². The van der Waals surface area contributed by atoms with Gasteiger partial charge in [0.2, 0.25) is 5.89 Å². The van der Waals surface area contributed by atoms with Crippen molar-refractivity contribution in [3.63, 3.8) is 0 Å². The van der Waals surface area contributed by atoms with Gasteiger partial charge in [-0.3, -0.25) is 10.1 Å². The molecule has 9 heteroatoms. The van der Waals surface area contributed by atoms with Crippen LogP contribution < -0.4 is 10.1 Å². The normalized spacial score (nSPS) is 11.2. The van der Waals surface area contributed by atoms with Crippen LogP contribution >= 0.6 is 0 Å². The number of ether oxygens (including phenoxy) is 1. The lowest BCUT2D eigenvalue weighted by atomic mass is 10.2. The summed E-state index contributed by atoms with van der Waals surface area (Å²) in [5.41, 5.74) is 0.911. The summed E-state index contributed by atoms with van der Waals surface area (Å²) >= 11 is 0. The van der Waals surface area contributed by atoms with Gasteiger partial charge in [-0.25, -0.2) is 8.42 Å². The molecule has 8 nitrogen and oxygen atoms in total. The summed E-state index contributed by atoms with van der Waals surface area (Å²) in [6.07, 6.45) is 1.13. The number of amides is 1. The van der Waals surface area contributed by atoms with E-state index in [9.17, 15) is 13.2 Å². The zero-order chi connectivity index (χ0) is 18.7. The Labute approximate surface area is 149 Å². The molecule has 0 aliphatic carbocycles. The maximum absolute atomic E-state index is 12.2. The van der Waals surface area contributed by atoms with Crippen molar-refractivity contribution in [3.05, 3.63) is 54.1 Å². The molecule has 0 radical (unpaired) electrons. The van der Waals surface area contributed by atoms with Crippen LogP contribution in [0.2, 0.25) is 0 Å². The average Bonchev–Trinajstić information content (AvgIpc) is 3.09. The van der Waals surface area contributed by atoms with Gasteiger partial charge in [-0.05, 0) is 42.5 Å². The number of nitrogens with one attached hydrogen (secondary N) is 1. The highest BCUT2D eigenvalue weighted by Crippen LogP contribution is 2.22. The predicted molar refractivity (Wildman–Crippen MR) is 93.8 cm³/mol. The van der Waals surface area contributed by atoms with Crippen LogP contribution in [0.5, 0.6) is 5.75 Å². The predicted octanol–water partition coefficient (Wildman–Crippen LogP) is 2.40. The number of nitrogens with zero attached hydrogens (tertiary/aromatic N) is 2. The Morgan fingerprint density at radius 2 is 1.85 bits per heavy atom. The summed E-state index contributed by atoms with van der Waals surface area (Å²) in [6.45, 7) is 0. The van der Waals surface area contributed by atoms with E-state index in [-0.39, 0.29) is 16.8 Å². The van der Waals surface area contributed by atoms with Crippen LogP contribution in [-0.2, 0) is 9.84 Å². The van der Waals surface area contributed by atoms with E-state index in [0.29, 0.717) is 16.9 Å². The van der Waals surface area contributed by atoms with Crippen molar-refractivity contribution in [3.8, 4) is 17.2 Å². The van der Waals surface area contributed by atoms with Crippen LogP contribution in [0.1, 0.15) is 10.4 Å².